The summed E-state index contributed by atoms with van der Waals surface area (Å²) in [4.78, 5) is 7.86. The van der Waals surface area contributed by atoms with Crippen molar-refractivity contribution < 1.29 is 23.4 Å². The molecule has 4 bridgehead atoms. The van der Waals surface area contributed by atoms with Gasteiger partial charge in [-0.2, -0.15) is 16.9 Å². The number of H-pyrrole nitrogens is 1. The lowest BCUT2D eigenvalue weighted by Gasteiger charge is -2.17. The molecule has 2 aromatic heterocycles. The molecule has 43 heavy (non-hydrogen) atoms. The molecule has 5 aromatic rings. The Labute approximate surface area is 253 Å². The Bertz CT molecular complexity index is 1720. The number of hydrogen-bond acceptors (Lipinski definition) is 6. The van der Waals surface area contributed by atoms with E-state index in [1.807, 2.05) is 36.0 Å². The number of ether oxygens (including phenoxy) is 2. The van der Waals surface area contributed by atoms with E-state index in [4.69, 9.17) is 14.5 Å². The highest BCUT2D eigenvalue weighted by molar-refractivity contribution is 7.99. The van der Waals surface area contributed by atoms with Crippen LogP contribution in [0.3, 0.4) is 0 Å². The third-order valence-electron chi connectivity index (χ3n) is 7.62. The van der Waals surface area contributed by atoms with E-state index in [-0.39, 0.29) is 17.9 Å². The van der Waals surface area contributed by atoms with E-state index >= 15 is 8.78 Å². The van der Waals surface area contributed by atoms with Crippen molar-refractivity contribution in [3.05, 3.63) is 94.9 Å². The third kappa shape index (κ3) is 6.46. The number of nitrogens with one attached hydrogen (secondary N) is 1. The number of aromatic nitrogens is 4. The minimum absolute atomic E-state index is 0.121. The molecule has 10 heteroatoms. The lowest BCUT2D eigenvalue weighted by molar-refractivity contribution is 0.0721. The second-order valence-corrected chi connectivity index (χ2v) is 11.9. The van der Waals surface area contributed by atoms with Gasteiger partial charge < -0.3 is 19.6 Å². The number of fused-ring (bicyclic) bond motifs is 8. The van der Waals surface area contributed by atoms with Gasteiger partial charge in [0.1, 0.15) is 17.7 Å². The average molecular weight is 605 g/mol. The quantitative estimate of drug-likeness (QED) is 0.227. The van der Waals surface area contributed by atoms with Crippen LogP contribution < -0.4 is 4.74 Å². The van der Waals surface area contributed by atoms with Crippen LogP contribution in [0, 0.1) is 11.6 Å². The highest BCUT2D eigenvalue weighted by Gasteiger charge is 2.24. The lowest BCUT2D eigenvalue weighted by atomic mass is 10.0. The number of aliphatic hydroxyl groups excluding tert-OH is 1. The van der Waals surface area contributed by atoms with Crippen molar-refractivity contribution in [2.24, 2.45) is 7.05 Å². The number of hydrogen-bond donors (Lipinski definition) is 2. The fourth-order valence-corrected chi connectivity index (χ4v) is 6.45. The summed E-state index contributed by atoms with van der Waals surface area (Å²) in [5, 5.41) is 14.9. The first-order valence-corrected chi connectivity index (χ1v) is 15.7. The molecule has 0 radical (unpaired) electrons. The van der Waals surface area contributed by atoms with Gasteiger partial charge in [0.25, 0.3) is 0 Å². The fourth-order valence-electron chi connectivity index (χ4n) is 5.49. The van der Waals surface area contributed by atoms with Crippen LogP contribution in [0.5, 0.6) is 11.5 Å². The molecule has 0 amide bonds. The number of halogens is 2. The van der Waals surface area contributed by atoms with Crippen molar-refractivity contribution in [1.29, 1.82) is 0 Å². The maximum Gasteiger partial charge on any atom is 0.184 e. The van der Waals surface area contributed by atoms with Crippen LogP contribution in [0.25, 0.3) is 22.3 Å². The standard InChI is InChI=1S/C33H34F2N4O3S/c1-39-33-26-19-23(9-10-27(26)34)42-31-25(24-11-13-36-29(24)20-28(31)35)12-17-43-16-3-2-15-41-30(32(37-33)38-39)22-8-4-6-21(18-22)7-5-14-40/h4,6,8-11,13,18-20,30,36,40H,2-3,5,7,12,14-17H2,1H3. The number of aromatic amines is 1. The summed E-state index contributed by atoms with van der Waals surface area (Å²) in [5.74, 6) is 1.96. The van der Waals surface area contributed by atoms with Gasteiger partial charge >= 0.3 is 0 Å². The van der Waals surface area contributed by atoms with E-state index in [1.54, 1.807) is 13.2 Å². The zero-order chi connectivity index (χ0) is 29.8. The Morgan fingerprint density at radius 3 is 2.86 bits per heavy atom. The van der Waals surface area contributed by atoms with E-state index in [2.05, 4.69) is 16.1 Å². The summed E-state index contributed by atoms with van der Waals surface area (Å²) in [6.45, 7) is 0.631. The molecule has 0 spiro atoms. The lowest BCUT2D eigenvalue weighted by Crippen LogP contribution is -2.11. The molecule has 1 atom stereocenters. The SMILES string of the molecule is Cn1nc2nc1-c1cc(ccc1F)Oc1c(F)cc3[nH]ccc3c1CCSCCCCOC2c1cccc(CCCO)c1. The predicted molar refractivity (Wildman–Crippen MR) is 165 cm³/mol. The van der Waals surface area contributed by atoms with E-state index in [0.29, 0.717) is 42.4 Å². The van der Waals surface area contributed by atoms with Crippen molar-refractivity contribution in [3.63, 3.8) is 0 Å². The first-order valence-electron chi connectivity index (χ1n) is 14.6. The van der Waals surface area contributed by atoms with E-state index in [1.165, 1.54) is 28.9 Å². The van der Waals surface area contributed by atoms with E-state index < -0.39 is 17.7 Å². The molecule has 3 aromatic carbocycles. The summed E-state index contributed by atoms with van der Waals surface area (Å²) >= 11 is 1.81. The van der Waals surface area contributed by atoms with Gasteiger partial charge in [-0.1, -0.05) is 24.3 Å². The Kier molecular flexibility index (Phi) is 9.06. The molecule has 224 valence electrons. The smallest absolute Gasteiger partial charge is 0.184 e. The van der Waals surface area contributed by atoms with Gasteiger partial charge in [0.2, 0.25) is 0 Å². The Morgan fingerprint density at radius 2 is 1.98 bits per heavy atom. The van der Waals surface area contributed by atoms with E-state index in [9.17, 15) is 5.11 Å². The molecule has 1 unspecified atom stereocenters. The fraction of sp³-hybridized carbons (Fsp3) is 0.333. The van der Waals surface area contributed by atoms with Crippen LogP contribution >= 0.6 is 11.8 Å². The van der Waals surface area contributed by atoms with Gasteiger partial charge in [0.05, 0.1) is 5.56 Å². The molecule has 1 aliphatic rings. The molecular formula is C33H34F2N4O3S. The predicted octanol–water partition coefficient (Wildman–Crippen LogP) is 7.13. The number of aliphatic hydroxyl groups is 1. The highest BCUT2D eigenvalue weighted by atomic mass is 32.2. The zero-order valence-corrected chi connectivity index (χ0v) is 24.8. The van der Waals surface area contributed by atoms with Gasteiger partial charge in [-0.3, -0.25) is 0 Å². The number of thioether (sulfide) groups is 1. The molecule has 0 saturated heterocycles. The maximum atomic E-state index is 15.4. The summed E-state index contributed by atoms with van der Waals surface area (Å²) in [6, 6.07) is 15.7. The number of aryl methyl sites for hydroxylation is 3. The first kappa shape index (κ1) is 29.3. The van der Waals surface area contributed by atoms with Gasteiger partial charge in [-0.15, -0.1) is 0 Å². The molecular weight excluding hydrogens is 570 g/mol. The second-order valence-electron chi connectivity index (χ2n) is 10.7. The van der Waals surface area contributed by atoms with Crippen LogP contribution in [0.15, 0.2) is 60.8 Å². The minimum Gasteiger partial charge on any atom is -0.454 e. The zero-order valence-electron chi connectivity index (χ0n) is 24.0. The van der Waals surface area contributed by atoms with Gasteiger partial charge in [-0.25, -0.2) is 18.4 Å². The highest BCUT2D eigenvalue weighted by Crippen LogP contribution is 2.37. The molecule has 6 rings (SSSR count). The monoisotopic (exact) mass is 604 g/mol. The van der Waals surface area contributed by atoms with Crippen molar-refractivity contribution in [3.8, 4) is 22.9 Å². The largest absolute Gasteiger partial charge is 0.454 e. The first-order chi connectivity index (χ1) is 21.0. The Hall–Kier alpha value is -3.73. The summed E-state index contributed by atoms with van der Waals surface area (Å²) in [7, 11) is 1.71. The molecule has 1 aliphatic heterocycles. The van der Waals surface area contributed by atoms with Crippen LogP contribution in [0.2, 0.25) is 0 Å². The Morgan fingerprint density at radius 1 is 1.07 bits per heavy atom. The van der Waals surface area contributed by atoms with Gasteiger partial charge in [-0.05, 0) is 79.0 Å². The van der Waals surface area contributed by atoms with Crippen LogP contribution in [0.4, 0.5) is 8.78 Å². The molecule has 0 aliphatic carbocycles. The molecule has 0 fully saturated rings. The molecule has 2 N–H and O–H groups in total. The molecule has 3 heterocycles. The van der Waals surface area contributed by atoms with Crippen molar-refractivity contribution in [2.75, 3.05) is 24.7 Å². The molecule has 7 nitrogen and oxygen atoms in total. The average Bonchev–Trinajstić information content (AvgIpc) is 3.63. The second kappa shape index (κ2) is 13.3. The van der Waals surface area contributed by atoms with Gasteiger partial charge in [0.15, 0.2) is 23.2 Å². The van der Waals surface area contributed by atoms with Crippen molar-refractivity contribution >= 4 is 22.7 Å². The van der Waals surface area contributed by atoms with Crippen LogP contribution in [-0.4, -0.2) is 49.6 Å². The van der Waals surface area contributed by atoms with Crippen LogP contribution in [-0.2, 0) is 24.6 Å². The summed E-state index contributed by atoms with van der Waals surface area (Å²) in [6.07, 6.45) is 5.08. The topological polar surface area (TPSA) is 85.2 Å². The Balaban J connectivity index is 1.41. The number of benzene rings is 3. The van der Waals surface area contributed by atoms with Crippen LogP contribution in [0.1, 0.15) is 47.9 Å². The van der Waals surface area contributed by atoms with Crippen molar-refractivity contribution in [2.45, 2.75) is 38.2 Å². The number of nitrogens with zero attached hydrogens (tertiary/aromatic N) is 3. The molecule has 0 saturated carbocycles. The van der Waals surface area contributed by atoms with Crippen molar-refractivity contribution in [1.82, 2.24) is 19.7 Å². The normalized spacial score (nSPS) is 16.3. The summed E-state index contributed by atoms with van der Waals surface area (Å²) < 4.78 is 44.8. The summed E-state index contributed by atoms with van der Waals surface area (Å²) in [5.41, 5.74) is 3.67. The maximum absolute atomic E-state index is 15.4. The van der Waals surface area contributed by atoms with Gasteiger partial charge in [0, 0.05) is 49.0 Å². The minimum atomic E-state index is -0.548. The number of rotatable bonds is 4. The van der Waals surface area contributed by atoms with E-state index in [0.717, 1.165) is 52.8 Å². The third-order valence-corrected chi connectivity index (χ3v) is 8.69.